The topological polar surface area (TPSA) is 92.0 Å². The Labute approximate surface area is 164 Å². The second-order valence-corrected chi connectivity index (χ2v) is 5.40. The molecule has 0 amide bonds. The van der Waals surface area contributed by atoms with Crippen LogP contribution < -0.4 is 11.1 Å². The first kappa shape index (κ1) is 18.9. The number of nitrogens with two attached hydrogens (primary N) is 1. The van der Waals surface area contributed by atoms with Gasteiger partial charge in [-0.05, 0) is 23.6 Å². The molecule has 2 aromatic carbocycles. The highest BCUT2D eigenvalue weighted by Crippen LogP contribution is 2.15. The zero-order valence-corrected chi connectivity index (χ0v) is 16.1. The highest BCUT2D eigenvalue weighted by molar-refractivity contribution is 14.0. The summed E-state index contributed by atoms with van der Waals surface area (Å²) in [7, 11) is 0. The summed E-state index contributed by atoms with van der Waals surface area (Å²) in [6.45, 7) is 1.28. The molecule has 0 saturated heterocycles. The summed E-state index contributed by atoms with van der Waals surface area (Å²) in [5, 5.41) is 9.87. The lowest BCUT2D eigenvalue weighted by atomic mass is 10.1. The van der Waals surface area contributed by atoms with Gasteiger partial charge in [-0.25, -0.2) is 9.98 Å². The van der Waals surface area contributed by atoms with E-state index in [4.69, 9.17) is 5.73 Å². The second kappa shape index (κ2) is 9.77. The number of nitrogens with one attached hydrogen (secondary N) is 2. The van der Waals surface area contributed by atoms with E-state index in [1.54, 1.807) is 0 Å². The molecular formula is C18H21IN6. The second-order valence-electron chi connectivity index (χ2n) is 5.40. The van der Waals surface area contributed by atoms with Crippen molar-refractivity contribution in [1.29, 1.82) is 0 Å². The molecule has 130 valence electrons. The van der Waals surface area contributed by atoms with Crippen LogP contribution in [0.25, 0.3) is 11.4 Å². The highest BCUT2D eigenvalue weighted by Gasteiger charge is 2.01. The number of guanidine groups is 1. The summed E-state index contributed by atoms with van der Waals surface area (Å²) in [5.74, 6) is 1.20. The zero-order valence-electron chi connectivity index (χ0n) is 13.7. The molecule has 0 atom stereocenters. The Morgan fingerprint density at radius 1 is 1.08 bits per heavy atom. The molecule has 0 aliphatic rings. The largest absolute Gasteiger partial charge is 0.370 e. The maximum absolute atomic E-state index is 5.93. The number of aliphatic imine (C=N–C) groups is 1. The molecule has 0 unspecified atom stereocenters. The van der Waals surface area contributed by atoms with Crippen LogP contribution in [-0.2, 0) is 13.0 Å². The molecule has 1 heterocycles. The van der Waals surface area contributed by atoms with E-state index in [0.717, 1.165) is 29.9 Å². The number of hydrogen-bond acceptors (Lipinski definition) is 3. The van der Waals surface area contributed by atoms with E-state index in [-0.39, 0.29) is 24.0 Å². The third kappa shape index (κ3) is 5.86. The molecule has 3 rings (SSSR count). The Morgan fingerprint density at radius 3 is 2.64 bits per heavy atom. The lowest BCUT2D eigenvalue weighted by molar-refractivity contribution is 0.848. The Bertz CT molecular complexity index is 786. The summed E-state index contributed by atoms with van der Waals surface area (Å²) >= 11 is 0. The zero-order chi connectivity index (χ0) is 16.6. The van der Waals surface area contributed by atoms with Crippen LogP contribution in [-0.4, -0.2) is 27.7 Å². The highest BCUT2D eigenvalue weighted by atomic mass is 127. The van der Waals surface area contributed by atoms with Gasteiger partial charge < -0.3 is 11.1 Å². The molecule has 7 heteroatoms. The number of aromatic amines is 1. The molecule has 6 nitrogen and oxygen atoms in total. The van der Waals surface area contributed by atoms with Gasteiger partial charge in [-0.15, -0.1) is 24.0 Å². The standard InChI is InChI=1S/C18H20N6.HI/c19-18(20-10-9-14-5-2-1-3-6-14)21-12-15-7-4-8-16(11-15)17-22-13-23-24-17;/h1-8,11,13H,9-10,12H2,(H3,19,20,21)(H,22,23,24);1H. The van der Waals surface area contributed by atoms with Gasteiger partial charge in [0.1, 0.15) is 6.33 Å². The van der Waals surface area contributed by atoms with E-state index in [1.807, 2.05) is 42.5 Å². The number of halogens is 1. The first-order valence-electron chi connectivity index (χ1n) is 7.83. The fraction of sp³-hybridized carbons (Fsp3) is 0.167. The summed E-state index contributed by atoms with van der Waals surface area (Å²) in [6, 6.07) is 18.3. The van der Waals surface area contributed by atoms with E-state index in [1.165, 1.54) is 11.9 Å². The number of H-pyrrole nitrogens is 1. The molecule has 0 radical (unpaired) electrons. The first-order chi connectivity index (χ1) is 11.8. The average molecular weight is 448 g/mol. The van der Waals surface area contributed by atoms with E-state index < -0.39 is 0 Å². The van der Waals surface area contributed by atoms with Gasteiger partial charge in [0.05, 0.1) is 6.54 Å². The minimum atomic E-state index is 0. The van der Waals surface area contributed by atoms with Gasteiger partial charge in [-0.3, -0.25) is 5.10 Å². The molecule has 1 aromatic heterocycles. The maximum Gasteiger partial charge on any atom is 0.188 e. The van der Waals surface area contributed by atoms with Gasteiger partial charge in [-0.1, -0.05) is 48.5 Å². The Morgan fingerprint density at radius 2 is 1.88 bits per heavy atom. The van der Waals surface area contributed by atoms with Crippen molar-refractivity contribution in [3.63, 3.8) is 0 Å². The number of rotatable bonds is 6. The van der Waals surface area contributed by atoms with Crippen LogP contribution in [0.4, 0.5) is 0 Å². The van der Waals surface area contributed by atoms with Crippen LogP contribution in [0.15, 0.2) is 65.9 Å². The molecule has 0 aliphatic heterocycles. The SMILES string of the molecule is I.NC(=NCc1cccc(-c2ncn[nH]2)c1)NCCc1ccccc1. The van der Waals surface area contributed by atoms with Gasteiger partial charge in [-0.2, -0.15) is 5.10 Å². The van der Waals surface area contributed by atoms with Crippen molar-refractivity contribution < 1.29 is 0 Å². The smallest absolute Gasteiger partial charge is 0.188 e. The number of aromatic nitrogens is 3. The molecule has 0 saturated carbocycles. The van der Waals surface area contributed by atoms with Crippen LogP contribution in [0.2, 0.25) is 0 Å². The fourth-order valence-electron chi connectivity index (χ4n) is 2.37. The molecule has 0 spiro atoms. The molecule has 0 bridgehead atoms. The number of nitrogens with zero attached hydrogens (tertiary/aromatic N) is 3. The predicted molar refractivity (Wildman–Crippen MR) is 111 cm³/mol. The van der Waals surface area contributed by atoms with Gasteiger partial charge >= 0.3 is 0 Å². The Hall–Kier alpha value is -2.42. The van der Waals surface area contributed by atoms with Crippen molar-refractivity contribution in [1.82, 2.24) is 20.5 Å². The van der Waals surface area contributed by atoms with E-state index >= 15 is 0 Å². The molecule has 25 heavy (non-hydrogen) atoms. The average Bonchev–Trinajstić information content (AvgIpc) is 3.16. The van der Waals surface area contributed by atoms with Crippen molar-refractivity contribution in [2.24, 2.45) is 10.7 Å². The summed E-state index contributed by atoms with van der Waals surface area (Å²) < 4.78 is 0. The van der Waals surface area contributed by atoms with E-state index in [9.17, 15) is 0 Å². The molecular weight excluding hydrogens is 427 g/mol. The predicted octanol–water partition coefficient (Wildman–Crippen LogP) is 2.74. The van der Waals surface area contributed by atoms with Crippen LogP contribution >= 0.6 is 24.0 Å². The van der Waals surface area contributed by atoms with Crippen molar-refractivity contribution in [3.8, 4) is 11.4 Å². The number of benzene rings is 2. The minimum absolute atomic E-state index is 0. The molecule has 3 aromatic rings. The van der Waals surface area contributed by atoms with Crippen LogP contribution in [0.3, 0.4) is 0 Å². The Kier molecular flexibility index (Phi) is 7.39. The van der Waals surface area contributed by atoms with Crippen LogP contribution in [0, 0.1) is 0 Å². The molecule has 0 aliphatic carbocycles. The Balaban J connectivity index is 0.00000225. The first-order valence-corrected chi connectivity index (χ1v) is 7.83. The molecule has 0 fully saturated rings. The number of hydrogen-bond donors (Lipinski definition) is 3. The van der Waals surface area contributed by atoms with Crippen molar-refractivity contribution in [2.75, 3.05) is 6.54 Å². The van der Waals surface area contributed by atoms with Crippen molar-refractivity contribution in [2.45, 2.75) is 13.0 Å². The minimum Gasteiger partial charge on any atom is -0.370 e. The van der Waals surface area contributed by atoms with Crippen LogP contribution in [0.1, 0.15) is 11.1 Å². The lowest BCUT2D eigenvalue weighted by Crippen LogP contribution is -2.33. The van der Waals surface area contributed by atoms with E-state index in [2.05, 4.69) is 37.6 Å². The monoisotopic (exact) mass is 448 g/mol. The third-order valence-electron chi connectivity index (χ3n) is 3.61. The quantitative estimate of drug-likeness (QED) is 0.307. The normalized spacial score (nSPS) is 11.0. The third-order valence-corrected chi connectivity index (χ3v) is 3.61. The summed E-state index contributed by atoms with van der Waals surface area (Å²) in [6.07, 6.45) is 2.41. The fourth-order valence-corrected chi connectivity index (χ4v) is 2.37. The van der Waals surface area contributed by atoms with Gasteiger partial charge in [0, 0.05) is 12.1 Å². The maximum atomic E-state index is 5.93. The van der Waals surface area contributed by atoms with Crippen molar-refractivity contribution >= 4 is 29.9 Å². The van der Waals surface area contributed by atoms with Gasteiger partial charge in [0.2, 0.25) is 0 Å². The van der Waals surface area contributed by atoms with E-state index in [0.29, 0.717) is 12.5 Å². The summed E-state index contributed by atoms with van der Waals surface area (Å²) in [4.78, 5) is 8.54. The molecule has 4 N–H and O–H groups in total. The van der Waals surface area contributed by atoms with Crippen molar-refractivity contribution in [3.05, 3.63) is 72.1 Å². The van der Waals surface area contributed by atoms with Crippen LogP contribution in [0.5, 0.6) is 0 Å². The van der Waals surface area contributed by atoms with Gasteiger partial charge in [0.25, 0.3) is 0 Å². The lowest BCUT2D eigenvalue weighted by Gasteiger charge is -2.06. The van der Waals surface area contributed by atoms with Gasteiger partial charge in [0.15, 0.2) is 11.8 Å². The summed E-state index contributed by atoms with van der Waals surface area (Å²) in [5.41, 5.74) is 9.25.